The molecule has 0 bridgehead atoms. The van der Waals surface area contributed by atoms with Crippen molar-refractivity contribution in [3.63, 3.8) is 0 Å². The van der Waals surface area contributed by atoms with Crippen LogP contribution in [0.5, 0.6) is 0 Å². The van der Waals surface area contributed by atoms with Crippen LogP contribution in [-0.4, -0.2) is 25.0 Å². The van der Waals surface area contributed by atoms with Crippen molar-refractivity contribution < 1.29 is 0 Å². The molecule has 0 heterocycles. The van der Waals surface area contributed by atoms with E-state index in [0.29, 0.717) is 6.04 Å². The Bertz CT molecular complexity index is 157. The summed E-state index contributed by atoms with van der Waals surface area (Å²) < 4.78 is 0. The van der Waals surface area contributed by atoms with E-state index in [4.69, 9.17) is 5.73 Å². The van der Waals surface area contributed by atoms with Crippen LogP contribution in [0.4, 0.5) is 0 Å². The maximum Gasteiger partial charge on any atom is 0.0285 e. The minimum Gasteiger partial charge on any atom is -0.399 e. The van der Waals surface area contributed by atoms with E-state index < -0.39 is 0 Å². The Hall–Kier alpha value is -0.760. The van der Waals surface area contributed by atoms with E-state index >= 15 is 0 Å². The molecule has 0 spiro atoms. The molecule has 0 fully saturated rings. The standard InChI is InChI=1S/C9H18N2/c1-5-6-9(10)7-8(2)11(3)4/h5-8H,10H2,1-4H3/b6-5-,9-7+. The van der Waals surface area contributed by atoms with E-state index in [2.05, 4.69) is 11.8 Å². The van der Waals surface area contributed by atoms with Crippen LogP contribution in [0, 0.1) is 0 Å². The number of hydrogen-bond donors (Lipinski definition) is 1. The third kappa shape index (κ3) is 4.62. The Morgan fingerprint density at radius 2 is 2.00 bits per heavy atom. The van der Waals surface area contributed by atoms with Gasteiger partial charge in [0.15, 0.2) is 0 Å². The first kappa shape index (κ1) is 10.2. The van der Waals surface area contributed by atoms with E-state index in [1.165, 1.54) is 0 Å². The molecule has 0 aromatic carbocycles. The Morgan fingerprint density at radius 1 is 1.45 bits per heavy atom. The van der Waals surface area contributed by atoms with Crippen LogP contribution in [0.25, 0.3) is 0 Å². The number of nitrogens with two attached hydrogens (primary N) is 1. The molecule has 0 amide bonds. The predicted molar refractivity (Wildman–Crippen MR) is 50.2 cm³/mol. The van der Waals surface area contributed by atoms with E-state index in [-0.39, 0.29) is 0 Å². The molecule has 0 aromatic heterocycles. The molecular formula is C9H18N2. The van der Waals surface area contributed by atoms with E-state index in [1.54, 1.807) is 0 Å². The summed E-state index contributed by atoms with van der Waals surface area (Å²) in [5, 5.41) is 0. The van der Waals surface area contributed by atoms with Crippen LogP contribution in [0.3, 0.4) is 0 Å². The monoisotopic (exact) mass is 154 g/mol. The van der Waals surface area contributed by atoms with Crippen LogP contribution in [-0.2, 0) is 0 Å². The average molecular weight is 154 g/mol. The van der Waals surface area contributed by atoms with Crippen molar-refractivity contribution in [1.29, 1.82) is 0 Å². The number of allylic oxidation sites excluding steroid dienone is 2. The maximum absolute atomic E-state index is 5.67. The first-order chi connectivity index (χ1) is 5.07. The quantitative estimate of drug-likeness (QED) is 0.622. The zero-order chi connectivity index (χ0) is 8.85. The molecule has 2 heteroatoms. The summed E-state index contributed by atoms with van der Waals surface area (Å²) in [6, 6.07) is 0.395. The second kappa shape index (κ2) is 4.97. The van der Waals surface area contributed by atoms with Crippen molar-refractivity contribution in [1.82, 2.24) is 4.90 Å². The number of rotatable bonds is 3. The number of likely N-dealkylation sites (N-methyl/N-ethyl adjacent to an activating group) is 1. The van der Waals surface area contributed by atoms with Crippen molar-refractivity contribution in [3.05, 3.63) is 23.9 Å². The van der Waals surface area contributed by atoms with Gasteiger partial charge >= 0.3 is 0 Å². The first-order valence-corrected chi connectivity index (χ1v) is 3.84. The summed E-state index contributed by atoms with van der Waals surface area (Å²) in [5.74, 6) is 0. The number of nitrogens with zero attached hydrogens (tertiary/aromatic N) is 1. The summed E-state index contributed by atoms with van der Waals surface area (Å²) in [7, 11) is 4.06. The molecule has 64 valence electrons. The van der Waals surface area contributed by atoms with Crippen molar-refractivity contribution >= 4 is 0 Å². The molecule has 0 aromatic rings. The van der Waals surface area contributed by atoms with Crippen LogP contribution in [0.2, 0.25) is 0 Å². The number of hydrogen-bond acceptors (Lipinski definition) is 2. The zero-order valence-corrected chi connectivity index (χ0v) is 7.83. The van der Waals surface area contributed by atoms with Gasteiger partial charge in [-0.25, -0.2) is 0 Å². The van der Waals surface area contributed by atoms with Crippen LogP contribution in [0.15, 0.2) is 23.9 Å². The Morgan fingerprint density at radius 3 is 2.36 bits per heavy atom. The molecule has 0 aliphatic rings. The Labute approximate surface area is 69.4 Å². The van der Waals surface area contributed by atoms with E-state index in [1.807, 2.05) is 39.2 Å². The third-order valence-electron chi connectivity index (χ3n) is 1.61. The molecule has 1 unspecified atom stereocenters. The minimum atomic E-state index is 0.395. The zero-order valence-electron chi connectivity index (χ0n) is 7.83. The fourth-order valence-corrected chi connectivity index (χ4v) is 0.676. The molecule has 2 N–H and O–H groups in total. The average Bonchev–Trinajstić information content (AvgIpc) is 1.87. The lowest BCUT2D eigenvalue weighted by atomic mass is 10.2. The van der Waals surface area contributed by atoms with E-state index in [9.17, 15) is 0 Å². The van der Waals surface area contributed by atoms with Gasteiger partial charge in [0.2, 0.25) is 0 Å². The summed E-state index contributed by atoms with van der Waals surface area (Å²) in [4.78, 5) is 2.11. The molecule has 0 aliphatic carbocycles. The van der Waals surface area contributed by atoms with Gasteiger partial charge in [-0.15, -0.1) is 0 Å². The lowest BCUT2D eigenvalue weighted by Gasteiger charge is -2.15. The Kier molecular flexibility index (Phi) is 4.62. The normalized spacial score (nSPS) is 16.3. The molecular weight excluding hydrogens is 136 g/mol. The van der Waals surface area contributed by atoms with Crippen LogP contribution in [0.1, 0.15) is 13.8 Å². The van der Waals surface area contributed by atoms with Crippen molar-refractivity contribution in [2.45, 2.75) is 19.9 Å². The molecule has 1 atom stereocenters. The lowest BCUT2D eigenvalue weighted by Crippen LogP contribution is -2.23. The van der Waals surface area contributed by atoms with Crippen molar-refractivity contribution in [3.8, 4) is 0 Å². The summed E-state index contributed by atoms with van der Waals surface area (Å²) in [5.41, 5.74) is 6.50. The maximum atomic E-state index is 5.67. The predicted octanol–water partition coefficient (Wildman–Crippen LogP) is 1.36. The summed E-state index contributed by atoms with van der Waals surface area (Å²) >= 11 is 0. The molecule has 0 saturated carbocycles. The van der Waals surface area contributed by atoms with Crippen LogP contribution >= 0.6 is 0 Å². The SMILES string of the molecule is C/C=C\C(N)=C/C(C)N(C)C. The van der Waals surface area contributed by atoms with Gasteiger partial charge in [-0.1, -0.05) is 6.08 Å². The van der Waals surface area contributed by atoms with Gasteiger partial charge in [0, 0.05) is 11.7 Å². The molecule has 11 heavy (non-hydrogen) atoms. The highest BCUT2D eigenvalue weighted by Crippen LogP contribution is 1.97. The van der Waals surface area contributed by atoms with Gasteiger partial charge in [0.05, 0.1) is 0 Å². The van der Waals surface area contributed by atoms with E-state index in [0.717, 1.165) is 5.70 Å². The van der Waals surface area contributed by atoms with Crippen molar-refractivity contribution in [2.75, 3.05) is 14.1 Å². The highest BCUT2D eigenvalue weighted by Gasteiger charge is 1.98. The summed E-state index contributed by atoms with van der Waals surface area (Å²) in [6.07, 6.45) is 5.87. The minimum absolute atomic E-state index is 0.395. The second-order valence-corrected chi connectivity index (χ2v) is 2.87. The van der Waals surface area contributed by atoms with Crippen molar-refractivity contribution in [2.24, 2.45) is 5.73 Å². The van der Waals surface area contributed by atoms with Gasteiger partial charge in [-0.3, -0.25) is 0 Å². The fraction of sp³-hybridized carbons (Fsp3) is 0.556. The summed E-state index contributed by atoms with van der Waals surface area (Å²) in [6.45, 7) is 4.07. The largest absolute Gasteiger partial charge is 0.399 e. The lowest BCUT2D eigenvalue weighted by molar-refractivity contribution is 0.363. The van der Waals surface area contributed by atoms with Crippen LogP contribution < -0.4 is 5.73 Å². The first-order valence-electron chi connectivity index (χ1n) is 3.84. The highest BCUT2D eigenvalue weighted by molar-refractivity contribution is 5.16. The van der Waals surface area contributed by atoms with Gasteiger partial charge in [0.1, 0.15) is 0 Å². The van der Waals surface area contributed by atoms with Gasteiger partial charge < -0.3 is 10.6 Å². The highest BCUT2D eigenvalue weighted by atomic mass is 15.1. The smallest absolute Gasteiger partial charge is 0.0285 e. The van der Waals surface area contributed by atoms with Gasteiger partial charge in [-0.05, 0) is 40.1 Å². The van der Waals surface area contributed by atoms with Gasteiger partial charge in [0.25, 0.3) is 0 Å². The Balaban J connectivity index is 4.07. The topological polar surface area (TPSA) is 29.3 Å². The fourth-order valence-electron chi connectivity index (χ4n) is 0.676. The molecule has 0 saturated heterocycles. The molecule has 2 nitrogen and oxygen atoms in total. The molecule has 0 radical (unpaired) electrons. The third-order valence-corrected chi connectivity index (χ3v) is 1.61. The molecule has 0 aliphatic heterocycles. The van der Waals surface area contributed by atoms with Gasteiger partial charge in [-0.2, -0.15) is 0 Å². The second-order valence-electron chi connectivity index (χ2n) is 2.87. The molecule has 0 rings (SSSR count).